The molecule has 5 nitrogen and oxygen atoms in total. The summed E-state index contributed by atoms with van der Waals surface area (Å²) in [5, 5.41) is 6.25. The predicted octanol–water partition coefficient (Wildman–Crippen LogP) is 11.2. The molecule has 6 aromatic carbocycles. The van der Waals surface area contributed by atoms with E-state index in [9.17, 15) is 0 Å². The number of nitrogens with zero attached hydrogens (tertiary/aromatic N) is 2. The van der Waals surface area contributed by atoms with E-state index in [1.54, 1.807) is 0 Å². The minimum atomic E-state index is 0.626. The highest BCUT2D eigenvalue weighted by molar-refractivity contribution is 6.14. The number of furan rings is 3. The van der Waals surface area contributed by atoms with Gasteiger partial charge in [0.1, 0.15) is 33.5 Å². The SMILES string of the molecule is c1ccc2c(c1)oc1ccc(-c3cc(-c4cccc5oc6ccccc6c45)nc(-c4cccc5oc6ccccc6c45)n3)cc12. The highest BCUT2D eigenvalue weighted by Gasteiger charge is 2.19. The van der Waals surface area contributed by atoms with E-state index in [2.05, 4.69) is 48.5 Å². The summed E-state index contributed by atoms with van der Waals surface area (Å²) in [6.07, 6.45) is 0. The van der Waals surface area contributed by atoms with Crippen molar-refractivity contribution in [3.05, 3.63) is 133 Å². The molecule has 0 unspecified atom stereocenters. The maximum Gasteiger partial charge on any atom is 0.161 e. The molecule has 0 fully saturated rings. The van der Waals surface area contributed by atoms with Crippen LogP contribution in [0, 0.1) is 0 Å². The fourth-order valence-corrected chi connectivity index (χ4v) is 6.69. The molecule has 0 aliphatic rings. The molecule has 0 aliphatic heterocycles. The summed E-state index contributed by atoms with van der Waals surface area (Å²) in [4.78, 5) is 10.5. The van der Waals surface area contributed by atoms with Crippen LogP contribution in [0.4, 0.5) is 0 Å². The molecule has 0 saturated heterocycles. The average molecular weight is 579 g/mol. The van der Waals surface area contributed by atoms with Crippen molar-refractivity contribution in [3.63, 3.8) is 0 Å². The van der Waals surface area contributed by atoms with Gasteiger partial charge in [-0.2, -0.15) is 0 Å². The van der Waals surface area contributed by atoms with Gasteiger partial charge in [0.05, 0.1) is 11.4 Å². The fraction of sp³-hybridized carbons (Fsp3) is 0. The number of hydrogen-bond acceptors (Lipinski definition) is 5. The summed E-state index contributed by atoms with van der Waals surface area (Å²) in [7, 11) is 0. The molecule has 4 heterocycles. The van der Waals surface area contributed by atoms with Gasteiger partial charge in [0.15, 0.2) is 5.82 Å². The van der Waals surface area contributed by atoms with Crippen molar-refractivity contribution < 1.29 is 13.3 Å². The first-order chi connectivity index (χ1) is 22.3. The summed E-state index contributed by atoms with van der Waals surface area (Å²) in [5.41, 5.74) is 9.54. The molecule has 0 N–H and O–H groups in total. The van der Waals surface area contributed by atoms with E-state index in [1.165, 1.54) is 0 Å². The van der Waals surface area contributed by atoms with Crippen molar-refractivity contribution in [2.45, 2.75) is 0 Å². The van der Waals surface area contributed by atoms with Crippen molar-refractivity contribution in [3.8, 4) is 33.9 Å². The smallest absolute Gasteiger partial charge is 0.161 e. The van der Waals surface area contributed by atoms with Crippen molar-refractivity contribution in [2.75, 3.05) is 0 Å². The molecule has 210 valence electrons. The van der Waals surface area contributed by atoms with Crippen molar-refractivity contribution >= 4 is 65.8 Å². The molecular formula is C40H22N2O3. The summed E-state index contributed by atoms with van der Waals surface area (Å²) in [5.74, 6) is 0.626. The standard InChI is InChI=1S/C40H22N2O3/c1-4-14-32-24(9-1)29-21-23(19-20-35(29)43-32)30-22-31(25-12-7-17-36-38(25)26-10-2-5-15-33(26)44-36)42-40(41-30)28-13-8-18-37-39(28)27-11-3-6-16-34(27)45-37/h1-22H. The van der Waals surface area contributed by atoms with Gasteiger partial charge >= 0.3 is 0 Å². The minimum Gasteiger partial charge on any atom is -0.456 e. The highest BCUT2D eigenvalue weighted by Crippen LogP contribution is 2.40. The normalized spacial score (nSPS) is 12.0. The molecule has 10 rings (SSSR count). The Balaban J connectivity index is 1.28. The van der Waals surface area contributed by atoms with Crippen LogP contribution < -0.4 is 0 Å². The second kappa shape index (κ2) is 9.15. The number of aromatic nitrogens is 2. The van der Waals surface area contributed by atoms with Gasteiger partial charge < -0.3 is 13.3 Å². The van der Waals surface area contributed by atoms with Crippen LogP contribution in [0.25, 0.3) is 99.7 Å². The molecule has 0 aliphatic carbocycles. The lowest BCUT2D eigenvalue weighted by molar-refractivity contribution is 0.668. The summed E-state index contributed by atoms with van der Waals surface area (Å²) < 4.78 is 18.6. The van der Waals surface area contributed by atoms with Crippen molar-refractivity contribution in [1.82, 2.24) is 9.97 Å². The zero-order chi connectivity index (χ0) is 29.5. The molecule has 10 aromatic rings. The van der Waals surface area contributed by atoms with Crippen LogP contribution in [0.2, 0.25) is 0 Å². The van der Waals surface area contributed by atoms with Gasteiger partial charge in [0.25, 0.3) is 0 Å². The molecule has 0 atom stereocenters. The topological polar surface area (TPSA) is 65.2 Å². The van der Waals surface area contributed by atoms with E-state index >= 15 is 0 Å². The molecule has 0 spiro atoms. The van der Waals surface area contributed by atoms with Crippen LogP contribution in [0.3, 0.4) is 0 Å². The lowest BCUT2D eigenvalue weighted by atomic mass is 10.00. The summed E-state index contributed by atoms with van der Waals surface area (Å²) in [6.45, 7) is 0. The molecule has 0 radical (unpaired) electrons. The van der Waals surface area contributed by atoms with Gasteiger partial charge in [-0.3, -0.25) is 0 Å². The number of hydrogen-bond donors (Lipinski definition) is 0. The van der Waals surface area contributed by atoms with Gasteiger partial charge in [-0.25, -0.2) is 9.97 Å². The lowest BCUT2D eigenvalue weighted by Crippen LogP contribution is -1.96. The number of benzene rings is 6. The van der Waals surface area contributed by atoms with E-state index in [0.717, 1.165) is 93.9 Å². The van der Waals surface area contributed by atoms with Crippen LogP contribution in [-0.4, -0.2) is 9.97 Å². The van der Waals surface area contributed by atoms with Crippen molar-refractivity contribution in [1.29, 1.82) is 0 Å². The van der Waals surface area contributed by atoms with Crippen LogP contribution in [0.1, 0.15) is 0 Å². The fourth-order valence-electron chi connectivity index (χ4n) is 6.69. The first-order valence-electron chi connectivity index (χ1n) is 14.9. The number of fused-ring (bicyclic) bond motifs is 9. The van der Waals surface area contributed by atoms with E-state index in [0.29, 0.717) is 5.82 Å². The second-order valence-corrected chi connectivity index (χ2v) is 11.3. The quantitative estimate of drug-likeness (QED) is 0.209. The Labute approximate surface area is 256 Å². The predicted molar refractivity (Wildman–Crippen MR) is 180 cm³/mol. The van der Waals surface area contributed by atoms with Crippen LogP contribution in [-0.2, 0) is 0 Å². The van der Waals surface area contributed by atoms with E-state index in [4.69, 9.17) is 23.2 Å². The number of rotatable bonds is 3. The molecule has 0 amide bonds. The first-order valence-corrected chi connectivity index (χ1v) is 14.9. The number of para-hydroxylation sites is 3. The van der Waals surface area contributed by atoms with Gasteiger partial charge in [-0.1, -0.05) is 78.9 Å². The lowest BCUT2D eigenvalue weighted by Gasteiger charge is -2.11. The zero-order valence-corrected chi connectivity index (χ0v) is 23.8. The summed E-state index contributed by atoms with van der Waals surface area (Å²) in [6, 6.07) is 45.0. The van der Waals surface area contributed by atoms with Crippen LogP contribution in [0.5, 0.6) is 0 Å². The summed E-state index contributed by atoms with van der Waals surface area (Å²) >= 11 is 0. The van der Waals surface area contributed by atoms with Crippen molar-refractivity contribution in [2.24, 2.45) is 0 Å². The molecular weight excluding hydrogens is 556 g/mol. The molecule has 5 heteroatoms. The Bertz CT molecular complexity index is 2650. The molecule has 4 aromatic heterocycles. The van der Waals surface area contributed by atoms with E-state index in [1.807, 2.05) is 84.9 Å². The molecule has 0 bridgehead atoms. The third kappa shape index (κ3) is 3.61. The molecule has 0 saturated carbocycles. The van der Waals surface area contributed by atoms with E-state index < -0.39 is 0 Å². The zero-order valence-electron chi connectivity index (χ0n) is 23.8. The highest BCUT2D eigenvalue weighted by atomic mass is 16.3. The Morgan fingerprint density at radius 2 is 0.867 bits per heavy atom. The Hall–Kier alpha value is -6.20. The average Bonchev–Trinajstić information content (AvgIpc) is 3.78. The monoisotopic (exact) mass is 578 g/mol. The molecule has 45 heavy (non-hydrogen) atoms. The van der Waals surface area contributed by atoms with E-state index in [-0.39, 0.29) is 0 Å². The maximum absolute atomic E-state index is 6.25. The van der Waals surface area contributed by atoms with Gasteiger partial charge in [0, 0.05) is 49.0 Å². The minimum absolute atomic E-state index is 0.626. The van der Waals surface area contributed by atoms with Crippen LogP contribution in [0.15, 0.2) is 147 Å². The Morgan fingerprint density at radius 3 is 1.58 bits per heavy atom. The Kier molecular flexibility index (Phi) is 4.93. The van der Waals surface area contributed by atoms with Crippen LogP contribution >= 0.6 is 0 Å². The van der Waals surface area contributed by atoms with Gasteiger partial charge in [0.2, 0.25) is 0 Å². The third-order valence-electron chi connectivity index (χ3n) is 8.72. The Morgan fingerprint density at radius 1 is 0.356 bits per heavy atom. The first kappa shape index (κ1) is 24.3. The van der Waals surface area contributed by atoms with Gasteiger partial charge in [-0.05, 0) is 54.6 Å². The second-order valence-electron chi connectivity index (χ2n) is 11.3. The third-order valence-corrected chi connectivity index (χ3v) is 8.72. The largest absolute Gasteiger partial charge is 0.456 e. The van der Waals surface area contributed by atoms with Gasteiger partial charge in [-0.15, -0.1) is 0 Å². The maximum atomic E-state index is 6.25.